The average molecular weight is 286 g/mol. The van der Waals surface area contributed by atoms with Gasteiger partial charge in [0.25, 0.3) is 0 Å². The molecule has 1 saturated carbocycles. The molecule has 0 unspecified atom stereocenters. The second-order valence-electron chi connectivity index (χ2n) is 6.63. The normalized spacial score (nSPS) is 24.8. The number of nitriles is 1. The molecule has 1 aromatic carbocycles. The highest BCUT2D eigenvalue weighted by atomic mass is 16.6. The van der Waals surface area contributed by atoms with E-state index >= 15 is 0 Å². The van der Waals surface area contributed by atoms with Gasteiger partial charge in [0.2, 0.25) is 0 Å². The quantitative estimate of drug-likeness (QED) is 0.864. The van der Waals surface area contributed by atoms with Crippen LogP contribution in [0.1, 0.15) is 39.2 Å². The summed E-state index contributed by atoms with van der Waals surface area (Å²) in [6.07, 6.45) is 1.46. The summed E-state index contributed by atoms with van der Waals surface area (Å²) in [5.74, 6) is -0.253. The van der Waals surface area contributed by atoms with Gasteiger partial charge in [-0.1, -0.05) is 30.3 Å². The molecular formula is C17H22N2O2. The molecule has 0 amide bonds. The molecule has 21 heavy (non-hydrogen) atoms. The first-order valence-corrected chi connectivity index (χ1v) is 7.27. The molecule has 0 spiro atoms. The summed E-state index contributed by atoms with van der Waals surface area (Å²) in [5.41, 5.74) is 0.189. The number of carbonyl (C=O) groups excluding carboxylic acids is 1. The van der Waals surface area contributed by atoms with Crippen LogP contribution in [0.3, 0.4) is 0 Å². The van der Waals surface area contributed by atoms with E-state index in [1.165, 1.54) is 0 Å². The fourth-order valence-corrected chi connectivity index (χ4v) is 2.68. The van der Waals surface area contributed by atoms with Crippen LogP contribution >= 0.6 is 0 Å². The number of rotatable bonds is 4. The van der Waals surface area contributed by atoms with Crippen LogP contribution in [-0.2, 0) is 14.9 Å². The molecule has 0 atom stereocenters. The Labute approximate surface area is 126 Å². The van der Waals surface area contributed by atoms with Crippen molar-refractivity contribution in [1.29, 1.82) is 5.26 Å². The Kier molecular flexibility index (Phi) is 4.34. The van der Waals surface area contributed by atoms with Gasteiger partial charge < -0.3 is 10.1 Å². The Hall–Kier alpha value is -1.86. The standard InChI is InChI=1S/C17H22N2O2/c1-16(2,3)21-15(20)11-19-14-9-17(10-14,12-18)13-7-5-4-6-8-13/h4-8,14,19H,9-11H2,1-3H3. The SMILES string of the molecule is CC(C)(C)OC(=O)CNC1CC(C#N)(c2ccccc2)C1. The second kappa shape index (κ2) is 5.87. The first-order valence-electron chi connectivity index (χ1n) is 7.27. The zero-order valence-electron chi connectivity index (χ0n) is 12.8. The third-order valence-electron chi connectivity index (χ3n) is 3.69. The van der Waals surface area contributed by atoms with Crippen molar-refractivity contribution in [1.82, 2.24) is 5.32 Å². The fraction of sp³-hybridized carbons (Fsp3) is 0.529. The Morgan fingerprint density at radius 3 is 2.52 bits per heavy atom. The van der Waals surface area contributed by atoms with Gasteiger partial charge in [-0.2, -0.15) is 5.26 Å². The molecule has 2 rings (SSSR count). The van der Waals surface area contributed by atoms with E-state index in [1.807, 2.05) is 51.1 Å². The largest absolute Gasteiger partial charge is 0.459 e. The molecule has 1 N–H and O–H groups in total. The van der Waals surface area contributed by atoms with Crippen LogP contribution in [0.2, 0.25) is 0 Å². The minimum atomic E-state index is -0.459. The molecule has 0 aromatic heterocycles. The van der Waals surface area contributed by atoms with E-state index in [4.69, 9.17) is 4.74 Å². The van der Waals surface area contributed by atoms with Crippen LogP contribution in [0.4, 0.5) is 0 Å². The lowest BCUT2D eigenvalue weighted by Crippen LogP contribution is -2.52. The fourth-order valence-electron chi connectivity index (χ4n) is 2.68. The highest BCUT2D eigenvalue weighted by Gasteiger charge is 2.45. The van der Waals surface area contributed by atoms with E-state index in [9.17, 15) is 10.1 Å². The van der Waals surface area contributed by atoms with Gasteiger partial charge in [-0.3, -0.25) is 4.79 Å². The zero-order chi connectivity index (χ0) is 15.5. The highest BCUT2D eigenvalue weighted by Crippen LogP contribution is 2.43. The third kappa shape index (κ3) is 3.83. The maximum Gasteiger partial charge on any atom is 0.320 e. The van der Waals surface area contributed by atoms with E-state index < -0.39 is 11.0 Å². The van der Waals surface area contributed by atoms with E-state index in [2.05, 4.69) is 11.4 Å². The predicted molar refractivity (Wildman–Crippen MR) is 80.6 cm³/mol. The minimum absolute atomic E-state index is 0.192. The lowest BCUT2D eigenvalue weighted by atomic mass is 9.62. The van der Waals surface area contributed by atoms with Crippen molar-refractivity contribution in [2.75, 3.05) is 6.54 Å². The van der Waals surface area contributed by atoms with Crippen LogP contribution in [-0.4, -0.2) is 24.2 Å². The summed E-state index contributed by atoms with van der Waals surface area (Å²) >= 11 is 0. The maximum atomic E-state index is 11.7. The molecule has 0 heterocycles. The maximum absolute atomic E-state index is 11.7. The van der Waals surface area contributed by atoms with Crippen molar-refractivity contribution in [3.05, 3.63) is 35.9 Å². The molecule has 0 radical (unpaired) electrons. The van der Waals surface area contributed by atoms with Crippen LogP contribution in [0.15, 0.2) is 30.3 Å². The zero-order valence-corrected chi connectivity index (χ0v) is 12.8. The molecule has 1 aromatic rings. The lowest BCUT2D eigenvalue weighted by Gasteiger charge is -2.43. The van der Waals surface area contributed by atoms with Crippen molar-refractivity contribution in [3.63, 3.8) is 0 Å². The molecule has 1 aliphatic rings. The smallest absolute Gasteiger partial charge is 0.320 e. The Bertz CT molecular complexity index is 534. The summed E-state index contributed by atoms with van der Waals surface area (Å²) < 4.78 is 5.25. The minimum Gasteiger partial charge on any atom is -0.459 e. The summed E-state index contributed by atoms with van der Waals surface area (Å²) in [6.45, 7) is 5.75. The number of benzene rings is 1. The number of nitrogens with one attached hydrogen (secondary N) is 1. The Morgan fingerprint density at radius 2 is 2.00 bits per heavy atom. The third-order valence-corrected chi connectivity index (χ3v) is 3.69. The van der Waals surface area contributed by atoms with Crippen molar-refractivity contribution in [2.45, 2.75) is 50.7 Å². The first-order chi connectivity index (χ1) is 9.85. The number of hydrogen-bond acceptors (Lipinski definition) is 4. The average Bonchev–Trinajstić information content (AvgIpc) is 2.37. The lowest BCUT2D eigenvalue weighted by molar-refractivity contribution is -0.153. The molecule has 0 aliphatic heterocycles. The van der Waals surface area contributed by atoms with Crippen LogP contribution in [0.5, 0.6) is 0 Å². The molecule has 1 aliphatic carbocycles. The monoisotopic (exact) mass is 286 g/mol. The number of hydrogen-bond donors (Lipinski definition) is 1. The molecule has 4 heteroatoms. The first kappa shape index (κ1) is 15.5. The second-order valence-corrected chi connectivity index (χ2v) is 6.63. The van der Waals surface area contributed by atoms with Crippen molar-refractivity contribution in [2.24, 2.45) is 0 Å². The summed E-state index contributed by atoms with van der Waals surface area (Å²) in [5, 5.41) is 12.6. The Morgan fingerprint density at radius 1 is 1.38 bits per heavy atom. The van der Waals surface area contributed by atoms with Gasteiger partial charge in [-0.15, -0.1) is 0 Å². The van der Waals surface area contributed by atoms with Gasteiger partial charge >= 0.3 is 5.97 Å². The van der Waals surface area contributed by atoms with Crippen LogP contribution in [0.25, 0.3) is 0 Å². The van der Waals surface area contributed by atoms with Crippen molar-refractivity contribution < 1.29 is 9.53 Å². The van der Waals surface area contributed by atoms with E-state index in [1.54, 1.807) is 0 Å². The van der Waals surface area contributed by atoms with Gasteiger partial charge in [-0.05, 0) is 39.2 Å². The van der Waals surface area contributed by atoms with E-state index in [0.29, 0.717) is 0 Å². The van der Waals surface area contributed by atoms with E-state index in [0.717, 1.165) is 18.4 Å². The topological polar surface area (TPSA) is 62.1 Å². The Balaban J connectivity index is 1.84. The van der Waals surface area contributed by atoms with Crippen LogP contribution < -0.4 is 5.32 Å². The van der Waals surface area contributed by atoms with E-state index in [-0.39, 0.29) is 18.6 Å². The molecular weight excluding hydrogens is 264 g/mol. The number of ether oxygens (including phenoxy) is 1. The molecule has 0 saturated heterocycles. The van der Waals surface area contributed by atoms with Gasteiger partial charge in [0.15, 0.2) is 0 Å². The molecule has 112 valence electrons. The molecule has 1 fully saturated rings. The van der Waals surface area contributed by atoms with Crippen molar-refractivity contribution in [3.8, 4) is 6.07 Å². The van der Waals surface area contributed by atoms with Gasteiger partial charge in [0, 0.05) is 6.04 Å². The number of esters is 1. The number of nitrogens with zero attached hydrogens (tertiary/aromatic N) is 1. The van der Waals surface area contributed by atoms with Gasteiger partial charge in [0.05, 0.1) is 18.0 Å². The predicted octanol–water partition coefficient (Wildman–Crippen LogP) is 2.54. The summed E-state index contributed by atoms with van der Waals surface area (Å²) in [6, 6.07) is 12.5. The molecule has 4 nitrogen and oxygen atoms in total. The van der Waals surface area contributed by atoms with Gasteiger partial charge in [0.1, 0.15) is 5.60 Å². The van der Waals surface area contributed by atoms with Gasteiger partial charge in [-0.25, -0.2) is 0 Å². The number of carbonyl (C=O) groups is 1. The highest BCUT2D eigenvalue weighted by molar-refractivity contribution is 5.72. The van der Waals surface area contributed by atoms with Crippen molar-refractivity contribution >= 4 is 5.97 Å². The summed E-state index contributed by atoms with van der Waals surface area (Å²) in [4.78, 5) is 11.7. The van der Waals surface area contributed by atoms with Crippen LogP contribution in [0, 0.1) is 11.3 Å². The molecule has 0 bridgehead atoms. The summed E-state index contributed by atoms with van der Waals surface area (Å²) in [7, 11) is 0.